The number of hydrogen-bond donors (Lipinski definition) is 0. The quantitative estimate of drug-likeness (QED) is 0.703. The molecule has 0 N–H and O–H groups in total. The lowest BCUT2D eigenvalue weighted by atomic mass is 9.91. The second kappa shape index (κ2) is 4.94. The standard InChI is InChI=1S/C15H25NO2/c1-5-11-10-13(11)12-6-8-16(9-7-12)14(17)18-15(2,3)4/h5,11-13H,1,6-10H2,2-4H3/t11-,13-/m0/s1. The zero-order valence-corrected chi connectivity index (χ0v) is 11.8. The van der Waals surface area contributed by atoms with Crippen LogP contribution in [0.15, 0.2) is 12.7 Å². The van der Waals surface area contributed by atoms with Crippen molar-refractivity contribution in [2.75, 3.05) is 13.1 Å². The summed E-state index contributed by atoms with van der Waals surface area (Å²) in [5.74, 6) is 2.36. The fraction of sp³-hybridized carbons (Fsp3) is 0.800. The maximum atomic E-state index is 11.9. The van der Waals surface area contributed by atoms with E-state index in [9.17, 15) is 4.79 Å². The van der Waals surface area contributed by atoms with E-state index in [1.165, 1.54) is 6.42 Å². The fourth-order valence-corrected chi connectivity index (χ4v) is 2.89. The number of allylic oxidation sites excluding steroid dienone is 1. The van der Waals surface area contributed by atoms with Gasteiger partial charge in [0.15, 0.2) is 0 Å². The van der Waals surface area contributed by atoms with Gasteiger partial charge in [0.2, 0.25) is 0 Å². The van der Waals surface area contributed by atoms with Gasteiger partial charge in [-0.15, -0.1) is 6.58 Å². The number of amides is 1. The lowest BCUT2D eigenvalue weighted by Gasteiger charge is -2.33. The average molecular weight is 251 g/mol. The van der Waals surface area contributed by atoms with E-state index in [0.717, 1.165) is 43.7 Å². The Kier molecular flexibility index (Phi) is 3.69. The predicted octanol–water partition coefficient (Wildman–Crippen LogP) is 3.46. The van der Waals surface area contributed by atoms with E-state index < -0.39 is 5.60 Å². The molecule has 0 radical (unpaired) electrons. The van der Waals surface area contributed by atoms with E-state index in [1.807, 2.05) is 25.7 Å². The van der Waals surface area contributed by atoms with Crippen molar-refractivity contribution in [3.8, 4) is 0 Å². The SMILES string of the molecule is C=C[C@H]1C[C@@H]1C1CCN(C(=O)OC(C)(C)C)CC1. The van der Waals surface area contributed by atoms with Crippen LogP contribution in [0, 0.1) is 17.8 Å². The highest BCUT2D eigenvalue weighted by molar-refractivity contribution is 5.68. The molecule has 1 amide bonds. The summed E-state index contributed by atoms with van der Waals surface area (Å²) in [7, 11) is 0. The summed E-state index contributed by atoms with van der Waals surface area (Å²) in [6, 6.07) is 0. The number of likely N-dealkylation sites (tertiary alicyclic amines) is 1. The van der Waals surface area contributed by atoms with E-state index in [0.29, 0.717) is 0 Å². The molecule has 0 aromatic heterocycles. The molecular weight excluding hydrogens is 226 g/mol. The monoisotopic (exact) mass is 251 g/mol. The molecule has 2 aliphatic rings. The van der Waals surface area contributed by atoms with Crippen LogP contribution in [-0.4, -0.2) is 29.7 Å². The topological polar surface area (TPSA) is 29.5 Å². The van der Waals surface area contributed by atoms with Crippen molar-refractivity contribution >= 4 is 6.09 Å². The molecule has 2 atom stereocenters. The number of piperidine rings is 1. The van der Waals surface area contributed by atoms with Crippen LogP contribution in [0.2, 0.25) is 0 Å². The summed E-state index contributed by atoms with van der Waals surface area (Å²) in [4.78, 5) is 13.8. The third-order valence-electron chi connectivity index (χ3n) is 3.99. The second-order valence-corrected chi connectivity index (χ2v) is 6.60. The van der Waals surface area contributed by atoms with Crippen LogP contribution in [0.25, 0.3) is 0 Å². The largest absolute Gasteiger partial charge is 0.444 e. The average Bonchev–Trinajstić information content (AvgIpc) is 3.06. The lowest BCUT2D eigenvalue weighted by molar-refractivity contribution is 0.0175. The Bertz CT molecular complexity index is 324. The highest BCUT2D eigenvalue weighted by Gasteiger charge is 2.42. The van der Waals surface area contributed by atoms with Crippen LogP contribution in [0.5, 0.6) is 0 Å². The van der Waals surface area contributed by atoms with Gasteiger partial charge in [-0.05, 0) is 57.8 Å². The third kappa shape index (κ3) is 3.27. The first kappa shape index (κ1) is 13.4. The Balaban J connectivity index is 1.76. The Labute approximate surface area is 110 Å². The zero-order chi connectivity index (χ0) is 13.3. The van der Waals surface area contributed by atoms with Gasteiger partial charge in [0.25, 0.3) is 0 Å². The van der Waals surface area contributed by atoms with Crippen molar-refractivity contribution in [3.63, 3.8) is 0 Å². The van der Waals surface area contributed by atoms with Crippen molar-refractivity contribution in [2.24, 2.45) is 17.8 Å². The Hall–Kier alpha value is -0.990. The molecule has 0 aromatic rings. The lowest BCUT2D eigenvalue weighted by Crippen LogP contribution is -2.42. The summed E-state index contributed by atoms with van der Waals surface area (Å²) in [6.07, 6.45) is 5.48. The summed E-state index contributed by atoms with van der Waals surface area (Å²) in [5.41, 5.74) is -0.391. The summed E-state index contributed by atoms with van der Waals surface area (Å²) < 4.78 is 5.40. The molecule has 102 valence electrons. The molecule has 3 nitrogen and oxygen atoms in total. The minimum Gasteiger partial charge on any atom is -0.444 e. The van der Waals surface area contributed by atoms with Crippen molar-refractivity contribution in [2.45, 2.75) is 45.6 Å². The summed E-state index contributed by atoms with van der Waals surface area (Å²) in [6.45, 7) is 11.3. The van der Waals surface area contributed by atoms with Crippen LogP contribution in [0.3, 0.4) is 0 Å². The van der Waals surface area contributed by atoms with Gasteiger partial charge in [0.05, 0.1) is 0 Å². The van der Waals surface area contributed by atoms with Gasteiger partial charge in [-0.1, -0.05) is 6.08 Å². The molecule has 3 heteroatoms. The number of hydrogen-bond acceptors (Lipinski definition) is 2. The minimum absolute atomic E-state index is 0.156. The molecule has 2 fully saturated rings. The van der Waals surface area contributed by atoms with Crippen LogP contribution >= 0.6 is 0 Å². The first-order valence-corrected chi connectivity index (χ1v) is 7.01. The molecule has 0 bridgehead atoms. The van der Waals surface area contributed by atoms with Gasteiger partial charge in [-0.2, -0.15) is 0 Å². The molecule has 0 unspecified atom stereocenters. The number of rotatable bonds is 2. The highest BCUT2D eigenvalue weighted by Crippen LogP contribution is 2.48. The van der Waals surface area contributed by atoms with Crippen molar-refractivity contribution in [3.05, 3.63) is 12.7 Å². The zero-order valence-electron chi connectivity index (χ0n) is 11.8. The molecular formula is C15H25NO2. The van der Waals surface area contributed by atoms with Crippen molar-refractivity contribution in [1.29, 1.82) is 0 Å². The summed E-state index contributed by atoms with van der Waals surface area (Å²) >= 11 is 0. The smallest absolute Gasteiger partial charge is 0.410 e. The molecule has 1 aliphatic heterocycles. The molecule has 1 saturated heterocycles. The molecule has 1 heterocycles. The van der Waals surface area contributed by atoms with E-state index in [-0.39, 0.29) is 6.09 Å². The van der Waals surface area contributed by atoms with Crippen molar-refractivity contribution < 1.29 is 9.53 Å². The molecule has 0 aromatic carbocycles. The van der Waals surface area contributed by atoms with E-state index in [2.05, 4.69) is 12.7 Å². The van der Waals surface area contributed by atoms with Gasteiger partial charge in [0.1, 0.15) is 5.60 Å². The molecule has 1 saturated carbocycles. The number of carbonyl (C=O) groups is 1. The fourth-order valence-electron chi connectivity index (χ4n) is 2.89. The van der Waals surface area contributed by atoms with Gasteiger partial charge < -0.3 is 9.64 Å². The first-order valence-electron chi connectivity index (χ1n) is 7.01. The highest BCUT2D eigenvalue weighted by atomic mass is 16.6. The molecule has 1 aliphatic carbocycles. The number of carbonyl (C=O) groups excluding carboxylic acids is 1. The van der Waals surface area contributed by atoms with Gasteiger partial charge >= 0.3 is 6.09 Å². The molecule has 2 rings (SSSR count). The van der Waals surface area contributed by atoms with Crippen LogP contribution in [0.4, 0.5) is 4.79 Å². The van der Waals surface area contributed by atoms with Crippen LogP contribution in [0.1, 0.15) is 40.0 Å². The molecule has 18 heavy (non-hydrogen) atoms. The Morgan fingerprint density at radius 2 is 1.94 bits per heavy atom. The van der Waals surface area contributed by atoms with Gasteiger partial charge in [-0.25, -0.2) is 4.79 Å². The Morgan fingerprint density at radius 3 is 2.39 bits per heavy atom. The van der Waals surface area contributed by atoms with Crippen LogP contribution in [-0.2, 0) is 4.74 Å². The minimum atomic E-state index is -0.391. The van der Waals surface area contributed by atoms with Crippen molar-refractivity contribution in [1.82, 2.24) is 4.90 Å². The maximum absolute atomic E-state index is 11.9. The molecule has 0 spiro atoms. The first-order chi connectivity index (χ1) is 8.40. The Morgan fingerprint density at radius 1 is 1.33 bits per heavy atom. The van der Waals surface area contributed by atoms with Crippen LogP contribution < -0.4 is 0 Å². The van der Waals surface area contributed by atoms with Gasteiger partial charge in [0, 0.05) is 13.1 Å². The van der Waals surface area contributed by atoms with E-state index in [1.54, 1.807) is 0 Å². The third-order valence-corrected chi connectivity index (χ3v) is 3.99. The summed E-state index contributed by atoms with van der Waals surface area (Å²) in [5, 5.41) is 0. The second-order valence-electron chi connectivity index (χ2n) is 6.60. The van der Waals surface area contributed by atoms with E-state index in [4.69, 9.17) is 4.74 Å². The normalized spacial score (nSPS) is 28.9. The number of nitrogens with zero attached hydrogens (tertiary/aromatic N) is 1. The van der Waals surface area contributed by atoms with E-state index >= 15 is 0 Å². The van der Waals surface area contributed by atoms with Gasteiger partial charge in [-0.3, -0.25) is 0 Å². The number of ether oxygens (including phenoxy) is 1. The maximum Gasteiger partial charge on any atom is 0.410 e. The predicted molar refractivity (Wildman–Crippen MR) is 72.3 cm³/mol.